The number of rotatable bonds is 5. The Balaban J connectivity index is 1.67. The summed E-state index contributed by atoms with van der Waals surface area (Å²) in [5, 5.41) is 42.6. The first-order valence-corrected chi connectivity index (χ1v) is 13.9. The molecule has 0 aromatic heterocycles. The summed E-state index contributed by atoms with van der Waals surface area (Å²) in [5.41, 5.74) is 0.848. The van der Waals surface area contributed by atoms with Crippen LogP contribution in [0.1, 0.15) is 107 Å². The molecule has 0 bridgehead atoms. The van der Waals surface area contributed by atoms with Crippen molar-refractivity contribution in [3.05, 3.63) is 11.1 Å². The molecule has 0 aliphatic heterocycles. The number of carbonyl (C=O) groups is 1. The third kappa shape index (κ3) is 3.82. The lowest BCUT2D eigenvalue weighted by Gasteiger charge is -2.68. The largest absolute Gasteiger partial charge is 0.390 e. The summed E-state index contributed by atoms with van der Waals surface area (Å²) in [6.45, 7) is 16.7. The molecule has 0 heterocycles. The molecule has 9 atom stereocenters. The van der Waals surface area contributed by atoms with E-state index in [1.165, 1.54) is 19.4 Å². The zero-order valence-corrected chi connectivity index (χ0v) is 23.3. The number of carbonyl (C=O) groups excluding carboxylic acids is 1. The Bertz CT molecular complexity index is 899. The predicted molar refractivity (Wildman–Crippen MR) is 138 cm³/mol. The van der Waals surface area contributed by atoms with Crippen LogP contribution in [0.4, 0.5) is 0 Å². The summed E-state index contributed by atoms with van der Waals surface area (Å²) in [6.07, 6.45) is 4.01. The smallest absolute Gasteiger partial charge is 0.138 e. The number of hydrogen-bond acceptors (Lipinski definition) is 5. The zero-order valence-electron chi connectivity index (χ0n) is 23.3. The molecule has 35 heavy (non-hydrogen) atoms. The summed E-state index contributed by atoms with van der Waals surface area (Å²) >= 11 is 0. The SMILES string of the molecule is C[C@H](C[C@H](O)[C@H](O)C(C)(C)O)C1=C2CC[C@@H]3[C@]4(C)CCC(=O)C(C)(C)[C@@H]4CC[C@]3(C)[C@]2(C)C[C@H]1O. The molecule has 0 unspecified atom stereocenters. The maximum atomic E-state index is 12.9. The summed E-state index contributed by atoms with van der Waals surface area (Å²) in [4.78, 5) is 12.9. The van der Waals surface area contributed by atoms with Crippen molar-refractivity contribution in [3.63, 3.8) is 0 Å². The molecule has 3 fully saturated rings. The van der Waals surface area contributed by atoms with E-state index in [0.717, 1.165) is 37.7 Å². The molecule has 0 spiro atoms. The number of Topliss-reactive ketones (excluding diaryl/α,β-unsaturated/α-hetero) is 1. The Morgan fingerprint density at radius 1 is 1.00 bits per heavy atom. The van der Waals surface area contributed by atoms with Crippen LogP contribution >= 0.6 is 0 Å². The average Bonchev–Trinajstić information content (AvgIpc) is 3.00. The van der Waals surface area contributed by atoms with Crippen LogP contribution in [0.5, 0.6) is 0 Å². The summed E-state index contributed by atoms with van der Waals surface area (Å²) in [6, 6.07) is 0. The van der Waals surface area contributed by atoms with Crippen molar-refractivity contribution in [2.45, 2.75) is 131 Å². The lowest BCUT2D eigenvalue weighted by Crippen LogP contribution is -2.62. The maximum Gasteiger partial charge on any atom is 0.138 e. The minimum atomic E-state index is -1.38. The Hall–Kier alpha value is -0.750. The summed E-state index contributed by atoms with van der Waals surface area (Å²) in [5.74, 6) is 1.27. The van der Waals surface area contributed by atoms with Gasteiger partial charge in [-0.1, -0.05) is 47.1 Å². The maximum absolute atomic E-state index is 12.9. The Morgan fingerprint density at radius 2 is 1.63 bits per heavy atom. The second-order valence-electron chi connectivity index (χ2n) is 14.5. The molecule has 4 N–H and O–H groups in total. The van der Waals surface area contributed by atoms with Gasteiger partial charge in [0.05, 0.1) is 17.8 Å². The van der Waals surface area contributed by atoms with E-state index in [1.54, 1.807) is 0 Å². The molecule has 0 saturated heterocycles. The molecule has 5 nitrogen and oxygen atoms in total. The van der Waals surface area contributed by atoms with Crippen molar-refractivity contribution >= 4 is 5.78 Å². The van der Waals surface area contributed by atoms with E-state index in [1.807, 2.05) is 6.92 Å². The van der Waals surface area contributed by atoms with Gasteiger partial charge >= 0.3 is 0 Å². The van der Waals surface area contributed by atoms with Gasteiger partial charge in [-0.15, -0.1) is 0 Å². The van der Waals surface area contributed by atoms with Crippen LogP contribution in [-0.4, -0.2) is 50.1 Å². The number of hydrogen-bond donors (Lipinski definition) is 4. The van der Waals surface area contributed by atoms with Gasteiger partial charge in [0, 0.05) is 11.8 Å². The van der Waals surface area contributed by atoms with Crippen molar-refractivity contribution in [1.29, 1.82) is 0 Å². The third-order valence-corrected chi connectivity index (χ3v) is 11.9. The minimum Gasteiger partial charge on any atom is -0.390 e. The Kier molecular flexibility index (Phi) is 6.53. The average molecular weight is 491 g/mol. The van der Waals surface area contributed by atoms with E-state index in [4.69, 9.17) is 0 Å². The first-order valence-electron chi connectivity index (χ1n) is 13.9. The van der Waals surface area contributed by atoms with Crippen molar-refractivity contribution in [3.8, 4) is 0 Å². The van der Waals surface area contributed by atoms with Gasteiger partial charge in [0.2, 0.25) is 0 Å². The highest BCUT2D eigenvalue weighted by Crippen LogP contribution is 2.74. The molecule has 4 aliphatic rings. The lowest BCUT2D eigenvalue weighted by atomic mass is 9.36. The number of ketones is 1. The van der Waals surface area contributed by atoms with Crippen LogP contribution in [0.2, 0.25) is 0 Å². The molecule has 4 aliphatic carbocycles. The first kappa shape index (κ1) is 27.3. The van der Waals surface area contributed by atoms with Gasteiger partial charge < -0.3 is 20.4 Å². The number of aliphatic hydroxyl groups is 4. The standard InChI is InChI=1S/C30H50O5/c1-17(15-19(31)25(34)27(4,5)35)24-18-9-10-22-28(6)13-12-23(33)26(2,3)21(28)11-14-29(22,7)30(18,8)16-20(24)32/h17,19-22,25,31-32,34-35H,9-16H2,1-8H3/t17-,19+,20-,21+,22-,25+,28-,29+,30-/m1/s1. The van der Waals surface area contributed by atoms with E-state index in [2.05, 4.69) is 34.6 Å². The van der Waals surface area contributed by atoms with Crippen LogP contribution < -0.4 is 0 Å². The second-order valence-corrected chi connectivity index (χ2v) is 14.5. The highest BCUT2D eigenvalue weighted by atomic mass is 16.4. The molecule has 200 valence electrons. The number of fused-ring (bicyclic) bond motifs is 5. The molecule has 0 amide bonds. The fourth-order valence-corrected chi connectivity index (χ4v) is 9.80. The highest BCUT2D eigenvalue weighted by molar-refractivity contribution is 5.85. The zero-order chi connectivity index (χ0) is 26.4. The molecular formula is C30H50O5. The van der Waals surface area contributed by atoms with Crippen molar-refractivity contribution in [2.24, 2.45) is 39.4 Å². The number of allylic oxidation sites excluding steroid dienone is 1. The van der Waals surface area contributed by atoms with Gasteiger partial charge in [-0.05, 0) is 98.4 Å². The van der Waals surface area contributed by atoms with Crippen molar-refractivity contribution in [1.82, 2.24) is 0 Å². The molecule has 0 aromatic rings. The molecule has 5 heteroatoms. The van der Waals surface area contributed by atoms with E-state index >= 15 is 0 Å². The van der Waals surface area contributed by atoms with Crippen LogP contribution in [0, 0.1) is 39.4 Å². The van der Waals surface area contributed by atoms with E-state index < -0.39 is 23.9 Å². The Labute approximate surface area is 212 Å². The van der Waals surface area contributed by atoms with Gasteiger partial charge in [-0.2, -0.15) is 0 Å². The van der Waals surface area contributed by atoms with Gasteiger partial charge in [0.25, 0.3) is 0 Å². The van der Waals surface area contributed by atoms with Gasteiger partial charge in [-0.25, -0.2) is 0 Å². The quantitative estimate of drug-likeness (QED) is 0.415. The number of aliphatic hydroxyl groups excluding tert-OH is 3. The summed E-state index contributed by atoms with van der Waals surface area (Å²) < 4.78 is 0. The fourth-order valence-electron chi connectivity index (χ4n) is 9.80. The molecule has 0 aromatic carbocycles. The molecule has 0 radical (unpaired) electrons. The van der Waals surface area contributed by atoms with Crippen LogP contribution in [-0.2, 0) is 4.79 Å². The monoisotopic (exact) mass is 490 g/mol. The minimum absolute atomic E-state index is 0.0516. The highest BCUT2D eigenvalue weighted by Gasteiger charge is 2.67. The molecule has 4 rings (SSSR count). The second kappa shape index (κ2) is 8.38. The van der Waals surface area contributed by atoms with Crippen LogP contribution in [0.3, 0.4) is 0 Å². The van der Waals surface area contributed by atoms with E-state index in [-0.39, 0.29) is 27.6 Å². The normalized spacial score (nSPS) is 43.8. The third-order valence-electron chi connectivity index (χ3n) is 11.9. The molecule has 3 saturated carbocycles. The summed E-state index contributed by atoms with van der Waals surface area (Å²) in [7, 11) is 0. The Morgan fingerprint density at radius 3 is 2.23 bits per heavy atom. The lowest BCUT2D eigenvalue weighted by molar-refractivity contribution is -0.181. The predicted octanol–water partition coefficient (Wildman–Crippen LogP) is 4.79. The van der Waals surface area contributed by atoms with E-state index in [0.29, 0.717) is 36.9 Å². The molecular weight excluding hydrogens is 440 g/mol. The fraction of sp³-hybridized carbons (Fsp3) is 0.900. The van der Waals surface area contributed by atoms with Crippen LogP contribution in [0.25, 0.3) is 0 Å². The first-order chi connectivity index (χ1) is 15.9. The van der Waals surface area contributed by atoms with Gasteiger partial charge in [0.15, 0.2) is 0 Å². The van der Waals surface area contributed by atoms with Crippen LogP contribution in [0.15, 0.2) is 11.1 Å². The van der Waals surface area contributed by atoms with Crippen molar-refractivity contribution < 1.29 is 25.2 Å². The van der Waals surface area contributed by atoms with Gasteiger partial charge in [-0.3, -0.25) is 4.79 Å². The van der Waals surface area contributed by atoms with Gasteiger partial charge in [0.1, 0.15) is 11.9 Å². The topological polar surface area (TPSA) is 98.0 Å². The van der Waals surface area contributed by atoms with Crippen molar-refractivity contribution in [2.75, 3.05) is 0 Å². The van der Waals surface area contributed by atoms with E-state index in [9.17, 15) is 25.2 Å².